The van der Waals surface area contributed by atoms with E-state index in [0.29, 0.717) is 36.0 Å². The van der Waals surface area contributed by atoms with Gasteiger partial charge in [-0.1, -0.05) is 18.2 Å². The van der Waals surface area contributed by atoms with Gasteiger partial charge in [0.05, 0.1) is 22.6 Å². The molecule has 1 unspecified atom stereocenters. The number of nitrogens with one attached hydrogen (secondary N) is 2. The highest BCUT2D eigenvalue weighted by atomic mass is 16.1. The van der Waals surface area contributed by atoms with Gasteiger partial charge in [0.25, 0.3) is 5.56 Å². The smallest absolute Gasteiger partial charge is 0.258 e. The summed E-state index contributed by atoms with van der Waals surface area (Å²) >= 11 is 0. The van der Waals surface area contributed by atoms with Gasteiger partial charge in [0.15, 0.2) is 0 Å². The molecule has 0 aliphatic carbocycles. The second kappa shape index (κ2) is 7.70. The minimum Gasteiger partial charge on any atom is -0.348 e. The van der Waals surface area contributed by atoms with Crippen molar-refractivity contribution in [1.29, 1.82) is 0 Å². The second-order valence-electron chi connectivity index (χ2n) is 5.93. The molecule has 3 aromatic rings. The number of fused-ring (bicyclic) bond motifs is 1. The summed E-state index contributed by atoms with van der Waals surface area (Å²) in [4.78, 5) is 35.5. The van der Waals surface area contributed by atoms with Crippen LogP contribution in [0.15, 0.2) is 53.5 Å². The Morgan fingerprint density at radius 3 is 2.80 bits per heavy atom. The number of carbonyl (C=O) groups is 1. The molecule has 128 valence electrons. The number of hydrogen-bond acceptors (Lipinski definition) is 4. The third-order valence-corrected chi connectivity index (χ3v) is 3.99. The molecule has 1 amide bonds. The van der Waals surface area contributed by atoms with Gasteiger partial charge in [0.2, 0.25) is 5.91 Å². The first kappa shape index (κ1) is 16.8. The normalized spacial score (nSPS) is 12.0. The number of aromatic nitrogens is 3. The van der Waals surface area contributed by atoms with Crippen LogP contribution in [0.1, 0.15) is 37.3 Å². The number of hydrogen-bond donors (Lipinski definition) is 2. The standard InChI is InChI=1S/C19H20N4O2/c1-13(15-8-4-5-12-20-15)21-18(24)11-6-10-17-22-16-9-3-2-7-14(16)19(25)23-17/h2-5,7-9,12-13H,6,10-11H2,1H3,(H,21,24)(H,22,23,25). The SMILES string of the molecule is CC(NC(=O)CCCc1nc2ccccc2c(=O)[nH]1)c1ccccn1. The Labute approximate surface area is 145 Å². The lowest BCUT2D eigenvalue weighted by Gasteiger charge is -2.13. The van der Waals surface area contributed by atoms with Gasteiger partial charge in [-0.3, -0.25) is 14.6 Å². The van der Waals surface area contributed by atoms with Crippen molar-refractivity contribution in [3.63, 3.8) is 0 Å². The highest BCUT2D eigenvalue weighted by molar-refractivity contribution is 5.77. The van der Waals surface area contributed by atoms with Crippen LogP contribution < -0.4 is 10.9 Å². The van der Waals surface area contributed by atoms with Crippen molar-refractivity contribution in [2.24, 2.45) is 0 Å². The van der Waals surface area contributed by atoms with Crippen LogP contribution in [-0.2, 0) is 11.2 Å². The van der Waals surface area contributed by atoms with Gasteiger partial charge in [-0.2, -0.15) is 0 Å². The van der Waals surface area contributed by atoms with Gasteiger partial charge >= 0.3 is 0 Å². The quantitative estimate of drug-likeness (QED) is 0.724. The molecular formula is C19H20N4O2. The van der Waals surface area contributed by atoms with E-state index in [4.69, 9.17) is 0 Å². The van der Waals surface area contributed by atoms with Crippen LogP contribution in [0, 0.1) is 0 Å². The van der Waals surface area contributed by atoms with Gasteiger partial charge in [-0.25, -0.2) is 4.98 Å². The van der Waals surface area contributed by atoms with Crippen LogP contribution in [0.2, 0.25) is 0 Å². The van der Waals surface area contributed by atoms with Crippen molar-refractivity contribution in [2.45, 2.75) is 32.2 Å². The Bertz CT molecular complexity index is 921. The Morgan fingerprint density at radius 1 is 1.20 bits per heavy atom. The number of pyridine rings is 1. The molecule has 0 saturated carbocycles. The topological polar surface area (TPSA) is 87.7 Å². The lowest BCUT2D eigenvalue weighted by molar-refractivity contribution is -0.121. The number of aromatic amines is 1. The number of rotatable bonds is 6. The first-order valence-corrected chi connectivity index (χ1v) is 8.32. The maximum atomic E-state index is 12.1. The molecule has 2 N–H and O–H groups in total. The van der Waals surface area contributed by atoms with Crippen LogP contribution in [0.3, 0.4) is 0 Å². The first-order chi connectivity index (χ1) is 12.1. The average molecular weight is 336 g/mol. The summed E-state index contributed by atoms with van der Waals surface area (Å²) in [5, 5.41) is 3.51. The average Bonchev–Trinajstić information content (AvgIpc) is 2.62. The molecule has 1 atom stereocenters. The van der Waals surface area contributed by atoms with Crippen molar-refractivity contribution in [3.05, 3.63) is 70.5 Å². The zero-order valence-corrected chi connectivity index (χ0v) is 14.0. The number of para-hydroxylation sites is 1. The van der Waals surface area contributed by atoms with Crippen LogP contribution in [0.25, 0.3) is 10.9 Å². The molecule has 2 heterocycles. The van der Waals surface area contributed by atoms with Crippen molar-refractivity contribution in [2.75, 3.05) is 0 Å². The molecule has 0 aliphatic rings. The summed E-state index contributed by atoms with van der Waals surface area (Å²) in [6, 6.07) is 12.7. The number of benzene rings is 1. The third-order valence-electron chi connectivity index (χ3n) is 3.99. The Hall–Kier alpha value is -3.02. The van der Waals surface area contributed by atoms with E-state index in [1.165, 1.54) is 0 Å². The zero-order chi connectivity index (χ0) is 17.6. The van der Waals surface area contributed by atoms with Crippen LogP contribution >= 0.6 is 0 Å². The highest BCUT2D eigenvalue weighted by Crippen LogP contribution is 2.10. The lowest BCUT2D eigenvalue weighted by Crippen LogP contribution is -2.27. The van der Waals surface area contributed by atoms with Gasteiger partial charge in [-0.15, -0.1) is 0 Å². The van der Waals surface area contributed by atoms with Crippen LogP contribution in [0.4, 0.5) is 0 Å². The number of H-pyrrole nitrogens is 1. The van der Waals surface area contributed by atoms with E-state index < -0.39 is 0 Å². The fourth-order valence-corrected chi connectivity index (χ4v) is 2.69. The molecule has 6 nitrogen and oxygen atoms in total. The largest absolute Gasteiger partial charge is 0.348 e. The Kier molecular flexibility index (Phi) is 5.18. The van der Waals surface area contributed by atoms with E-state index in [1.54, 1.807) is 12.3 Å². The molecule has 3 rings (SSSR count). The second-order valence-corrected chi connectivity index (χ2v) is 5.93. The number of aryl methyl sites for hydroxylation is 1. The zero-order valence-electron chi connectivity index (χ0n) is 14.0. The van der Waals surface area contributed by atoms with Gasteiger partial charge in [0.1, 0.15) is 5.82 Å². The fourth-order valence-electron chi connectivity index (χ4n) is 2.69. The van der Waals surface area contributed by atoms with Gasteiger partial charge in [0, 0.05) is 19.0 Å². The molecule has 0 spiro atoms. The predicted molar refractivity (Wildman–Crippen MR) is 96.1 cm³/mol. The maximum absolute atomic E-state index is 12.1. The maximum Gasteiger partial charge on any atom is 0.258 e. The number of amides is 1. The lowest BCUT2D eigenvalue weighted by atomic mass is 10.1. The van der Waals surface area contributed by atoms with Gasteiger partial charge < -0.3 is 10.3 Å². The minimum atomic E-state index is -0.145. The van der Waals surface area contributed by atoms with Crippen LogP contribution in [0.5, 0.6) is 0 Å². The fraction of sp³-hybridized carbons (Fsp3) is 0.263. The number of carbonyl (C=O) groups excluding carboxylic acids is 1. The first-order valence-electron chi connectivity index (χ1n) is 8.32. The van der Waals surface area contributed by atoms with Crippen LogP contribution in [-0.4, -0.2) is 20.9 Å². The summed E-state index contributed by atoms with van der Waals surface area (Å²) < 4.78 is 0. The molecule has 2 aromatic heterocycles. The minimum absolute atomic E-state index is 0.0405. The van der Waals surface area contributed by atoms with Crippen molar-refractivity contribution in [3.8, 4) is 0 Å². The van der Waals surface area contributed by atoms with E-state index in [9.17, 15) is 9.59 Å². The molecule has 0 radical (unpaired) electrons. The number of nitrogens with zero attached hydrogens (tertiary/aromatic N) is 2. The molecular weight excluding hydrogens is 316 g/mol. The molecule has 0 aliphatic heterocycles. The Morgan fingerprint density at radius 2 is 2.00 bits per heavy atom. The predicted octanol–water partition coefficient (Wildman–Crippen LogP) is 2.52. The van der Waals surface area contributed by atoms with E-state index in [0.717, 1.165) is 5.69 Å². The van der Waals surface area contributed by atoms with E-state index in [-0.39, 0.29) is 17.5 Å². The summed E-state index contributed by atoms with van der Waals surface area (Å²) in [6.07, 6.45) is 3.24. The molecule has 1 aromatic carbocycles. The van der Waals surface area contributed by atoms with E-state index in [2.05, 4.69) is 20.3 Å². The van der Waals surface area contributed by atoms with E-state index >= 15 is 0 Å². The molecule has 0 bridgehead atoms. The summed E-state index contributed by atoms with van der Waals surface area (Å²) in [5.74, 6) is 0.565. The van der Waals surface area contributed by atoms with Crippen molar-refractivity contribution < 1.29 is 4.79 Å². The van der Waals surface area contributed by atoms with Crippen molar-refractivity contribution >= 4 is 16.8 Å². The molecule has 0 saturated heterocycles. The van der Waals surface area contributed by atoms with E-state index in [1.807, 2.05) is 43.3 Å². The Balaban J connectivity index is 1.54. The summed E-state index contributed by atoms with van der Waals surface area (Å²) in [7, 11) is 0. The van der Waals surface area contributed by atoms with Gasteiger partial charge in [-0.05, 0) is 37.6 Å². The summed E-state index contributed by atoms with van der Waals surface area (Å²) in [5.41, 5.74) is 1.36. The highest BCUT2D eigenvalue weighted by Gasteiger charge is 2.10. The molecule has 0 fully saturated rings. The molecule has 6 heteroatoms. The monoisotopic (exact) mass is 336 g/mol. The third kappa shape index (κ3) is 4.29. The molecule has 25 heavy (non-hydrogen) atoms. The summed E-state index contributed by atoms with van der Waals surface area (Å²) in [6.45, 7) is 1.91. The van der Waals surface area contributed by atoms with Crippen molar-refractivity contribution in [1.82, 2.24) is 20.3 Å².